The highest BCUT2D eigenvalue weighted by Gasteiger charge is 2.30. The number of carbonyl (C=O) groups is 2. The summed E-state index contributed by atoms with van der Waals surface area (Å²) in [6.45, 7) is 7.46. The van der Waals surface area contributed by atoms with E-state index in [4.69, 9.17) is 11.6 Å². The van der Waals surface area contributed by atoms with Crippen molar-refractivity contribution in [1.82, 2.24) is 10.2 Å². The van der Waals surface area contributed by atoms with Gasteiger partial charge in [-0.15, -0.1) is 0 Å². The van der Waals surface area contributed by atoms with Crippen LogP contribution in [-0.4, -0.2) is 50.5 Å². The number of sulfonamides is 1. The summed E-state index contributed by atoms with van der Waals surface area (Å²) in [6, 6.07) is 11.5. The summed E-state index contributed by atoms with van der Waals surface area (Å²) in [6.07, 6.45) is 1.04. The third-order valence-corrected chi connectivity index (χ3v) is 7.37. The molecule has 0 radical (unpaired) electrons. The van der Waals surface area contributed by atoms with Crippen LogP contribution in [0.1, 0.15) is 31.9 Å². The minimum atomic E-state index is -3.81. The van der Waals surface area contributed by atoms with Crippen LogP contribution < -0.4 is 9.62 Å². The van der Waals surface area contributed by atoms with Crippen molar-refractivity contribution in [3.63, 3.8) is 0 Å². The van der Waals surface area contributed by atoms with Crippen LogP contribution in [0.25, 0.3) is 0 Å². The Hall–Kier alpha value is -2.10. The van der Waals surface area contributed by atoms with Gasteiger partial charge in [0.1, 0.15) is 12.6 Å². The summed E-state index contributed by atoms with van der Waals surface area (Å²) >= 11 is 9.60. The summed E-state index contributed by atoms with van der Waals surface area (Å²) < 4.78 is 27.2. The second-order valence-corrected chi connectivity index (χ2v) is 11.8. The lowest BCUT2D eigenvalue weighted by molar-refractivity contribution is -0.139. The molecular weight excluding hydrogens is 542 g/mol. The van der Waals surface area contributed by atoms with Crippen LogP contribution in [-0.2, 0) is 26.2 Å². The summed E-state index contributed by atoms with van der Waals surface area (Å²) in [5.41, 5.74) is 1.68. The first-order chi connectivity index (χ1) is 15.8. The maximum atomic E-state index is 13.5. The van der Waals surface area contributed by atoms with Gasteiger partial charge in [0.15, 0.2) is 0 Å². The zero-order valence-corrected chi connectivity index (χ0v) is 23.2. The van der Waals surface area contributed by atoms with Gasteiger partial charge in [0.2, 0.25) is 21.8 Å². The molecule has 2 aromatic rings. The van der Waals surface area contributed by atoms with Crippen LogP contribution in [0.4, 0.5) is 5.69 Å². The van der Waals surface area contributed by atoms with Crippen LogP contribution >= 0.6 is 27.5 Å². The molecule has 0 heterocycles. The van der Waals surface area contributed by atoms with Gasteiger partial charge in [-0.05, 0) is 55.2 Å². The van der Waals surface area contributed by atoms with Crippen molar-refractivity contribution >= 4 is 55.1 Å². The molecule has 0 aromatic heterocycles. The number of anilines is 1. The third-order valence-electron chi connectivity index (χ3n) is 5.31. The molecule has 0 aliphatic heterocycles. The molecule has 0 bridgehead atoms. The predicted molar refractivity (Wildman–Crippen MR) is 140 cm³/mol. The number of carbonyl (C=O) groups excluding carboxylic acids is 2. The Morgan fingerprint density at radius 3 is 2.26 bits per heavy atom. The normalized spacial score (nSPS) is 12.4. The van der Waals surface area contributed by atoms with E-state index in [9.17, 15) is 18.0 Å². The zero-order chi connectivity index (χ0) is 25.6. The first-order valence-corrected chi connectivity index (χ1v) is 13.9. The third kappa shape index (κ3) is 7.71. The lowest BCUT2D eigenvalue weighted by Crippen LogP contribution is -2.51. The molecule has 0 aliphatic carbocycles. The van der Waals surface area contributed by atoms with Crippen LogP contribution in [0.5, 0.6) is 0 Å². The molecule has 1 N–H and O–H groups in total. The number of benzene rings is 2. The van der Waals surface area contributed by atoms with E-state index in [-0.39, 0.29) is 18.4 Å². The molecule has 7 nitrogen and oxygen atoms in total. The van der Waals surface area contributed by atoms with Gasteiger partial charge in [-0.25, -0.2) is 8.42 Å². The van der Waals surface area contributed by atoms with Crippen LogP contribution in [0.3, 0.4) is 0 Å². The molecule has 1 atom stereocenters. The van der Waals surface area contributed by atoms with E-state index in [1.807, 2.05) is 38.1 Å². The molecule has 34 heavy (non-hydrogen) atoms. The first-order valence-electron chi connectivity index (χ1n) is 10.9. The van der Waals surface area contributed by atoms with Gasteiger partial charge in [0, 0.05) is 22.6 Å². The van der Waals surface area contributed by atoms with Crippen LogP contribution in [0.15, 0.2) is 46.9 Å². The number of amides is 2. The molecule has 2 amide bonds. The smallest absolute Gasteiger partial charge is 0.244 e. The molecule has 0 aliphatic rings. The Morgan fingerprint density at radius 2 is 1.71 bits per heavy atom. The van der Waals surface area contributed by atoms with E-state index >= 15 is 0 Å². The summed E-state index contributed by atoms with van der Waals surface area (Å²) in [7, 11) is -3.81. The highest BCUT2D eigenvalue weighted by Crippen LogP contribution is 2.28. The number of hydrogen-bond donors (Lipinski definition) is 1. The molecule has 0 fully saturated rings. The Kier molecular flexibility index (Phi) is 9.96. The number of nitrogens with zero attached hydrogens (tertiary/aromatic N) is 2. The van der Waals surface area contributed by atoms with Gasteiger partial charge in [0.05, 0.1) is 11.9 Å². The summed E-state index contributed by atoms with van der Waals surface area (Å²) in [4.78, 5) is 27.7. The highest BCUT2D eigenvalue weighted by molar-refractivity contribution is 9.10. The van der Waals surface area contributed by atoms with E-state index in [1.165, 1.54) is 4.90 Å². The van der Waals surface area contributed by atoms with Gasteiger partial charge in [-0.1, -0.05) is 59.6 Å². The molecule has 2 rings (SSSR count). The minimum Gasteiger partial charge on any atom is -0.354 e. The number of nitrogens with one attached hydrogen (secondary N) is 1. The predicted octanol–water partition coefficient (Wildman–Crippen LogP) is 4.37. The molecule has 2 aromatic carbocycles. The van der Waals surface area contributed by atoms with Crippen LogP contribution in [0.2, 0.25) is 5.02 Å². The fourth-order valence-electron chi connectivity index (χ4n) is 3.28. The lowest BCUT2D eigenvalue weighted by atomic mass is 10.1. The van der Waals surface area contributed by atoms with E-state index in [1.54, 1.807) is 32.0 Å². The van der Waals surface area contributed by atoms with Crippen molar-refractivity contribution in [2.75, 3.05) is 23.7 Å². The quantitative estimate of drug-likeness (QED) is 0.458. The molecule has 0 saturated heterocycles. The van der Waals surface area contributed by atoms with Crippen molar-refractivity contribution in [1.29, 1.82) is 0 Å². The molecule has 186 valence electrons. The second-order valence-electron chi connectivity index (χ2n) is 8.62. The Balaban J connectivity index is 2.40. The molecule has 10 heteroatoms. The van der Waals surface area contributed by atoms with Crippen molar-refractivity contribution in [3.8, 4) is 0 Å². The van der Waals surface area contributed by atoms with E-state index in [2.05, 4.69) is 21.2 Å². The lowest BCUT2D eigenvalue weighted by Gasteiger charge is -2.32. The Labute approximate surface area is 215 Å². The topological polar surface area (TPSA) is 86.8 Å². The van der Waals surface area contributed by atoms with E-state index < -0.39 is 28.5 Å². The number of rotatable bonds is 10. The Bertz CT molecular complexity index is 1120. The van der Waals surface area contributed by atoms with Gasteiger partial charge < -0.3 is 10.2 Å². The largest absolute Gasteiger partial charge is 0.354 e. The fourth-order valence-corrected chi connectivity index (χ4v) is 4.62. The van der Waals surface area contributed by atoms with Crippen LogP contribution in [0, 0.1) is 12.8 Å². The van der Waals surface area contributed by atoms with Crippen molar-refractivity contribution in [2.45, 2.75) is 40.3 Å². The average Bonchev–Trinajstić information content (AvgIpc) is 2.76. The first kappa shape index (κ1) is 28.1. The van der Waals surface area contributed by atoms with E-state index in [0.717, 1.165) is 20.6 Å². The average molecular weight is 573 g/mol. The molecule has 0 saturated carbocycles. The Morgan fingerprint density at radius 1 is 1.09 bits per heavy atom. The summed E-state index contributed by atoms with van der Waals surface area (Å²) in [5, 5.41) is 3.25. The van der Waals surface area contributed by atoms with E-state index in [0.29, 0.717) is 22.8 Å². The zero-order valence-electron chi connectivity index (χ0n) is 20.0. The maximum absolute atomic E-state index is 13.5. The minimum absolute atomic E-state index is 0.147. The van der Waals surface area contributed by atoms with Crippen molar-refractivity contribution in [3.05, 3.63) is 63.1 Å². The fraction of sp³-hybridized carbons (Fsp3) is 0.417. The SMILES string of the molecule is Cc1c(Cl)cccc1N(CC(=O)N(Cc1ccc(Br)cc1)C(C)C(=O)NCC(C)C)S(C)(=O)=O. The molecule has 0 spiro atoms. The van der Waals surface area contributed by atoms with Gasteiger partial charge in [0.25, 0.3) is 0 Å². The van der Waals surface area contributed by atoms with Gasteiger partial charge in [-0.2, -0.15) is 0 Å². The number of halogens is 2. The standard InChI is InChI=1S/C24H31BrClN3O4S/c1-16(2)13-27-24(31)18(4)28(14-19-9-11-20(25)12-10-19)23(30)15-29(34(5,32)33)22-8-6-7-21(26)17(22)3/h6-12,16,18H,13-15H2,1-5H3,(H,27,31). The van der Waals surface area contributed by atoms with Gasteiger partial charge in [-0.3, -0.25) is 13.9 Å². The highest BCUT2D eigenvalue weighted by atomic mass is 79.9. The number of hydrogen-bond acceptors (Lipinski definition) is 4. The second kappa shape index (κ2) is 12.0. The van der Waals surface area contributed by atoms with Crippen molar-refractivity contribution in [2.24, 2.45) is 5.92 Å². The molecule has 1 unspecified atom stereocenters. The summed E-state index contributed by atoms with van der Waals surface area (Å²) in [5.74, 6) is -0.553. The van der Waals surface area contributed by atoms with Gasteiger partial charge >= 0.3 is 0 Å². The maximum Gasteiger partial charge on any atom is 0.244 e. The van der Waals surface area contributed by atoms with Crippen molar-refractivity contribution < 1.29 is 18.0 Å². The monoisotopic (exact) mass is 571 g/mol. The molecular formula is C24H31BrClN3O4S.